The molecule has 4 heteroatoms. The van der Waals surface area contributed by atoms with Gasteiger partial charge in [-0.3, -0.25) is 0 Å². The number of ether oxygens (including phenoxy) is 1. The van der Waals surface area contributed by atoms with Gasteiger partial charge in [-0.15, -0.1) is 11.3 Å². The Bertz CT molecular complexity index is 565. The minimum absolute atomic E-state index is 0.288. The van der Waals surface area contributed by atoms with Gasteiger partial charge in [0.25, 0.3) is 0 Å². The van der Waals surface area contributed by atoms with Crippen LogP contribution in [0.25, 0.3) is 0 Å². The molecule has 0 spiro atoms. The third-order valence-corrected chi connectivity index (χ3v) is 4.50. The lowest BCUT2D eigenvalue weighted by Gasteiger charge is -2.17. The Morgan fingerprint density at radius 2 is 2.15 bits per heavy atom. The highest BCUT2D eigenvalue weighted by atomic mass is 32.1. The quantitative estimate of drug-likeness (QED) is 0.881. The van der Waals surface area contributed by atoms with E-state index in [2.05, 4.69) is 42.3 Å². The maximum atomic E-state index is 6.01. The van der Waals surface area contributed by atoms with Crippen molar-refractivity contribution in [3.05, 3.63) is 45.4 Å². The first-order valence-corrected chi connectivity index (χ1v) is 7.79. The Morgan fingerprint density at radius 3 is 2.80 bits per heavy atom. The second-order valence-electron chi connectivity index (χ2n) is 5.01. The molecular formula is C16H22N2OS. The van der Waals surface area contributed by atoms with Crippen LogP contribution < -0.4 is 10.1 Å². The van der Waals surface area contributed by atoms with Crippen LogP contribution in [0.15, 0.2) is 23.7 Å². The van der Waals surface area contributed by atoms with Crippen LogP contribution in [-0.4, -0.2) is 18.6 Å². The van der Waals surface area contributed by atoms with Gasteiger partial charge in [0.1, 0.15) is 5.75 Å². The Kier molecular flexibility index (Phi) is 5.15. The third kappa shape index (κ3) is 3.58. The van der Waals surface area contributed by atoms with Gasteiger partial charge in [0.2, 0.25) is 0 Å². The fourth-order valence-corrected chi connectivity index (χ4v) is 2.86. The first-order chi connectivity index (χ1) is 9.61. The van der Waals surface area contributed by atoms with Gasteiger partial charge in [-0.25, -0.2) is 4.98 Å². The van der Waals surface area contributed by atoms with E-state index in [1.165, 1.54) is 16.0 Å². The van der Waals surface area contributed by atoms with E-state index in [4.69, 9.17) is 4.74 Å². The number of benzene rings is 1. The second-order valence-corrected chi connectivity index (χ2v) is 5.95. The van der Waals surface area contributed by atoms with Gasteiger partial charge in [-0.2, -0.15) is 0 Å². The standard InChI is InChI=1S/C16H22N2OS/c1-11-5-6-14(12(2)17-4)15(9-11)19-8-7-16-13(3)18-10-20-16/h5-6,9-10,12,17H,7-8H2,1-4H3. The fraction of sp³-hybridized carbons (Fsp3) is 0.438. The van der Waals surface area contributed by atoms with Gasteiger partial charge in [-0.1, -0.05) is 12.1 Å². The van der Waals surface area contributed by atoms with E-state index in [0.29, 0.717) is 6.61 Å². The van der Waals surface area contributed by atoms with Gasteiger partial charge in [0, 0.05) is 22.9 Å². The van der Waals surface area contributed by atoms with E-state index in [1.54, 1.807) is 11.3 Å². The average Bonchev–Trinajstić information content (AvgIpc) is 2.84. The van der Waals surface area contributed by atoms with Crippen LogP contribution in [0.4, 0.5) is 0 Å². The van der Waals surface area contributed by atoms with Crippen molar-refractivity contribution in [2.45, 2.75) is 33.2 Å². The number of hydrogen-bond acceptors (Lipinski definition) is 4. The van der Waals surface area contributed by atoms with Crippen LogP contribution >= 0.6 is 11.3 Å². The number of nitrogens with zero attached hydrogens (tertiary/aromatic N) is 1. The van der Waals surface area contributed by atoms with Crippen molar-refractivity contribution >= 4 is 11.3 Å². The summed E-state index contributed by atoms with van der Waals surface area (Å²) >= 11 is 1.70. The summed E-state index contributed by atoms with van der Waals surface area (Å²) in [5.41, 5.74) is 5.44. The Balaban J connectivity index is 2.04. The predicted octanol–water partition coefficient (Wildman–Crippen LogP) is 3.66. The number of aromatic nitrogens is 1. The van der Waals surface area contributed by atoms with Crippen molar-refractivity contribution in [2.75, 3.05) is 13.7 Å². The summed E-state index contributed by atoms with van der Waals surface area (Å²) in [5, 5.41) is 3.27. The average molecular weight is 290 g/mol. The molecule has 0 aliphatic rings. The Morgan fingerprint density at radius 1 is 1.35 bits per heavy atom. The first-order valence-electron chi connectivity index (χ1n) is 6.91. The Hall–Kier alpha value is -1.39. The second kappa shape index (κ2) is 6.86. The monoisotopic (exact) mass is 290 g/mol. The lowest BCUT2D eigenvalue weighted by molar-refractivity contribution is 0.316. The van der Waals surface area contributed by atoms with Crippen molar-refractivity contribution in [3.63, 3.8) is 0 Å². The number of rotatable bonds is 6. The highest BCUT2D eigenvalue weighted by Crippen LogP contribution is 2.26. The van der Waals surface area contributed by atoms with E-state index in [-0.39, 0.29) is 6.04 Å². The molecule has 0 saturated heterocycles. The number of hydrogen-bond donors (Lipinski definition) is 1. The van der Waals surface area contributed by atoms with Gasteiger partial charge >= 0.3 is 0 Å². The SMILES string of the molecule is CNC(C)c1ccc(C)cc1OCCc1scnc1C. The minimum atomic E-state index is 0.288. The third-order valence-electron chi connectivity index (χ3n) is 3.50. The zero-order valence-electron chi connectivity index (χ0n) is 12.6. The number of thiazole rings is 1. The summed E-state index contributed by atoms with van der Waals surface area (Å²) in [5.74, 6) is 0.981. The van der Waals surface area contributed by atoms with Crippen LogP contribution in [0.1, 0.15) is 34.7 Å². The lowest BCUT2D eigenvalue weighted by Crippen LogP contribution is -2.14. The summed E-state index contributed by atoms with van der Waals surface area (Å²) in [4.78, 5) is 5.57. The lowest BCUT2D eigenvalue weighted by atomic mass is 10.1. The maximum absolute atomic E-state index is 6.01. The molecule has 2 aromatic rings. The smallest absolute Gasteiger partial charge is 0.124 e. The van der Waals surface area contributed by atoms with E-state index in [0.717, 1.165) is 17.9 Å². The van der Waals surface area contributed by atoms with E-state index in [1.807, 2.05) is 19.5 Å². The van der Waals surface area contributed by atoms with E-state index in [9.17, 15) is 0 Å². The Labute approximate surface area is 125 Å². The zero-order chi connectivity index (χ0) is 14.5. The molecule has 1 N–H and O–H groups in total. The minimum Gasteiger partial charge on any atom is -0.493 e. The maximum Gasteiger partial charge on any atom is 0.124 e. The highest BCUT2D eigenvalue weighted by molar-refractivity contribution is 7.09. The van der Waals surface area contributed by atoms with Gasteiger partial charge in [-0.05, 0) is 39.4 Å². The molecule has 1 heterocycles. The molecule has 108 valence electrons. The van der Waals surface area contributed by atoms with E-state index >= 15 is 0 Å². The van der Waals surface area contributed by atoms with Crippen LogP contribution in [0.5, 0.6) is 5.75 Å². The van der Waals surface area contributed by atoms with Crippen LogP contribution in [-0.2, 0) is 6.42 Å². The molecule has 0 amide bonds. The molecule has 0 aliphatic carbocycles. The summed E-state index contributed by atoms with van der Waals surface area (Å²) in [6.07, 6.45) is 0.915. The van der Waals surface area contributed by atoms with Gasteiger partial charge in [0.15, 0.2) is 0 Å². The normalized spacial score (nSPS) is 12.4. The summed E-state index contributed by atoms with van der Waals surface area (Å²) in [6.45, 7) is 6.97. The van der Waals surface area contributed by atoms with Gasteiger partial charge < -0.3 is 10.1 Å². The van der Waals surface area contributed by atoms with Crippen molar-refractivity contribution in [1.82, 2.24) is 10.3 Å². The van der Waals surface area contributed by atoms with E-state index < -0.39 is 0 Å². The number of nitrogens with one attached hydrogen (secondary N) is 1. The molecule has 0 bridgehead atoms. The summed E-state index contributed by atoms with van der Waals surface area (Å²) in [6, 6.07) is 6.67. The molecule has 0 fully saturated rings. The summed E-state index contributed by atoms with van der Waals surface area (Å²) in [7, 11) is 1.97. The molecule has 0 aliphatic heterocycles. The van der Waals surface area contributed by atoms with Crippen molar-refractivity contribution in [3.8, 4) is 5.75 Å². The molecule has 1 atom stereocenters. The highest BCUT2D eigenvalue weighted by Gasteiger charge is 2.10. The molecule has 0 radical (unpaired) electrons. The predicted molar refractivity (Wildman–Crippen MR) is 84.7 cm³/mol. The molecule has 1 aromatic carbocycles. The largest absolute Gasteiger partial charge is 0.493 e. The van der Waals surface area contributed by atoms with Crippen LogP contribution in [0, 0.1) is 13.8 Å². The zero-order valence-corrected chi connectivity index (χ0v) is 13.4. The molecule has 20 heavy (non-hydrogen) atoms. The van der Waals surface area contributed by atoms with Crippen molar-refractivity contribution in [2.24, 2.45) is 0 Å². The molecular weight excluding hydrogens is 268 g/mol. The topological polar surface area (TPSA) is 34.1 Å². The molecule has 3 nitrogen and oxygen atoms in total. The van der Waals surface area contributed by atoms with Crippen LogP contribution in [0.2, 0.25) is 0 Å². The molecule has 0 saturated carbocycles. The molecule has 1 unspecified atom stereocenters. The first kappa shape index (κ1) is 15.0. The number of aryl methyl sites for hydroxylation is 2. The van der Waals surface area contributed by atoms with Gasteiger partial charge in [0.05, 0.1) is 17.8 Å². The van der Waals surface area contributed by atoms with Crippen LogP contribution in [0.3, 0.4) is 0 Å². The van der Waals surface area contributed by atoms with Crippen molar-refractivity contribution < 1.29 is 4.74 Å². The molecule has 1 aromatic heterocycles. The van der Waals surface area contributed by atoms with Crippen molar-refractivity contribution in [1.29, 1.82) is 0 Å². The summed E-state index contributed by atoms with van der Waals surface area (Å²) < 4.78 is 6.01. The molecule has 2 rings (SSSR count). The fourth-order valence-electron chi connectivity index (χ4n) is 2.10.